The van der Waals surface area contributed by atoms with E-state index in [1.165, 1.54) is 0 Å². The molecule has 1 aromatic heterocycles. The standard InChI is InChI=1S/C29H29Cl2N5O2S/c1-18-14-19(2)16-34(15-18)39(37,38)22-12-13-25-32-29-26(20(3)33-36(29)21-8-5-4-6-9-21)28(35(25)17-22)23-10-7-11-24(30)27(23)31/h4-13,17-19,28H,14-16H2,1-3H3/t18-,19+,28-/m0/s1. The molecule has 0 saturated carbocycles. The van der Waals surface area contributed by atoms with Crippen LogP contribution in [0.25, 0.3) is 5.69 Å². The molecule has 202 valence electrons. The molecule has 39 heavy (non-hydrogen) atoms. The number of aromatic nitrogens is 2. The van der Waals surface area contributed by atoms with Crippen molar-refractivity contribution in [2.45, 2.75) is 33.2 Å². The highest BCUT2D eigenvalue weighted by atomic mass is 35.5. The van der Waals surface area contributed by atoms with Crippen molar-refractivity contribution >= 4 is 44.9 Å². The molecule has 0 radical (unpaired) electrons. The van der Waals surface area contributed by atoms with Crippen molar-refractivity contribution in [2.75, 3.05) is 13.1 Å². The first-order valence-electron chi connectivity index (χ1n) is 13.0. The molecule has 3 aliphatic rings. The Morgan fingerprint density at radius 1 is 0.949 bits per heavy atom. The third kappa shape index (κ3) is 4.53. The van der Waals surface area contributed by atoms with Crippen molar-refractivity contribution in [3.63, 3.8) is 0 Å². The highest BCUT2D eigenvalue weighted by Crippen LogP contribution is 2.46. The summed E-state index contributed by atoms with van der Waals surface area (Å²) in [6.07, 6.45) is 6.11. The van der Waals surface area contributed by atoms with Crippen LogP contribution in [0, 0.1) is 18.8 Å². The Morgan fingerprint density at radius 3 is 2.38 bits per heavy atom. The van der Waals surface area contributed by atoms with Crippen molar-refractivity contribution in [1.29, 1.82) is 0 Å². The number of hydrogen-bond donors (Lipinski definition) is 0. The van der Waals surface area contributed by atoms with Gasteiger partial charge in [0.25, 0.3) is 0 Å². The molecule has 3 aliphatic heterocycles. The van der Waals surface area contributed by atoms with Crippen LogP contribution in [0.3, 0.4) is 0 Å². The molecule has 2 aromatic carbocycles. The number of rotatable bonds is 4. The predicted octanol–water partition coefficient (Wildman–Crippen LogP) is 6.64. The molecule has 0 spiro atoms. The van der Waals surface area contributed by atoms with Gasteiger partial charge in [0, 0.05) is 24.9 Å². The molecule has 1 fully saturated rings. The number of nitrogens with zero attached hydrogens (tertiary/aromatic N) is 5. The number of aliphatic imine (C=N–C) groups is 1. The van der Waals surface area contributed by atoms with Gasteiger partial charge in [0.2, 0.25) is 10.0 Å². The second-order valence-corrected chi connectivity index (χ2v) is 13.3. The summed E-state index contributed by atoms with van der Waals surface area (Å²) in [6, 6.07) is 14.8. The fourth-order valence-electron chi connectivity index (χ4n) is 5.88. The van der Waals surface area contributed by atoms with Crippen LogP contribution >= 0.6 is 23.2 Å². The van der Waals surface area contributed by atoms with Gasteiger partial charge in [-0.3, -0.25) is 0 Å². The molecular weight excluding hydrogens is 553 g/mol. The summed E-state index contributed by atoms with van der Waals surface area (Å²) in [4.78, 5) is 7.08. The molecule has 0 aliphatic carbocycles. The molecule has 3 aromatic rings. The molecule has 6 rings (SSSR count). The number of halogens is 2. The van der Waals surface area contributed by atoms with Crippen LogP contribution in [0.5, 0.6) is 0 Å². The number of fused-ring (bicyclic) bond motifs is 2. The number of piperidine rings is 1. The quantitative estimate of drug-likeness (QED) is 0.346. The third-order valence-corrected chi connectivity index (χ3v) is 10.2. The largest absolute Gasteiger partial charge is 0.320 e. The number of hydrogen-bond acceptors (Lipinski definition) is 5. The normalized spacial score (nSPS) is 23.2. The fraction of sp³-hybridized carbons (Fsp3) is 0.310. The van der Waals surface area contributed by atoms with Crippen LogP contribution in [0.15, 0.2) is 76.8 Å². The Labute approximate surface area is 239 Å². The lowest BCUT2D eigenvalue weighted by Crippen LogP contribution is -2.44. The number of sulfonamides is 1. The second-order valence-electron chi connectivity index (χ2n) is 10.6. The molecule has 0 bridgehead atoms. The maximum Gasteiger partial charge on any atom is 0.244 e. The van der Waals surface area contributed by atoms with Crippen molar-refractivity contribution < 1.29 is 8.42 Å². The van der Waals surface area contributed by atoms with Gasteiger partial charge in [0.1, 0.15) is 5.84 Å². The van der Waals surface area contributed by atoms with Crippen molar-refractivity contribution in [1.82, 2.24) is 19.0 Å². The van der Waals surface area contributed by atoms with E-state index in [9.17, 15) is 8.42 Å². The highest BCUT2D eigenvalue weighted by molar-refractivity contribution is 7.93. The molecular formula is C29H29Cl2N5O2S. The topological polar surface area (TPSA) is 70.8 Å². The summed E-state index contributed by atoms with van der Waals surface area (Å²) in [5.41, 5.74) is 3.23. The Balaban J connectivity index is 1.52. The van der Waals surface area contributed by atoms with Gasteiger partial charge >= 0.3 is 0 Å². The van der Waals surface area contributed by atoms with Crippen LogP contribution in [-0.4, -0.2) is 46.3 Å². The van der Waals surface area contributed by atoms with Crippen molar-refractivity contribution in [3.8, 4) is 5.69 Å². The third-order valence-electron chi connectivity index (χ3n) is 7.53. The smallest absolute Gasteiger partial charge is 0.244 e. The van der Waals surface area contributed by atoms with E-state index < -0.39 is 16.1 Å². The molecule has 0 N–H and O–H groups in total. The summed E-state index contributed by atoms with van der Waals surface area (Å²) in [6.45, 7) is 7.15. The molecule has 1 saturated heterocycles. The number of para-hydroxylation sites is 1. The zero-order valence-corrected chi connectivity index (χ0v) is 24.2. The zero-order valence-electron chi connectivity index (χ0n) is 21.9. The van der Waals surface area contributed by atoms with E-state index in [2.05, 4.69) is 13.8 Å². The summed E-state index contributed by atoms with van der Waals surface area (Å²) in [7, 11) is -3.72. The summed E-state index contributed by atoms with van der Waals surface area (Å²) in [5.74, 6) is 1.88. The van der Waals surface area contributed by atoms with Gasteiger partial charge in [-0.1, -0.05) is 67.4 Å². The average Bonchev–Trinajstić information content (AvgIpc) is 3.24. The summed E-state index contributed by atoms with van der Waals surface area (Å²) < 4.78 is 31.1. The predicted molar refractivity (Wildman–Crippen MR) is 156 cm³/mol. The number of amidine groups is 1. The minimum atomic E-state index is -3.72. The van der Waals surface area contributed by atoms with E-state index >= 15 is 0 Å². The van der Waals surface area contributed by atoms with Gasteiger partial charge in [-0.05, 0) is 61.1 Å². The monoisotopic (exact) mass is 581 g/mol. The maximum absolute atomic E-state index is 13.8. The lowest BCUT2D eigenvalue weighted by atomic mass is 9.94. The van der Waals surface area contributed by atoms with Crippen LogP contribution in [-0.2, 0) is 10.0 Å². The number of benzene rings is 2. The molecule has 0 unspecified atom stereocenters. The van der Waals surface area contributed by atoms with Crippen LogP contribution in [0.2, 0.25) is 10.0 Å². The molecule has 10 heteroatoms. The van der Waals surface area contributed by atoms with E-state index in [0.29, 0.717) is 46.6 Å². The molecule has 7 nitrogen and oxygen atoms in total. The van der Waals surface area contributed by atoms with E-state index in [-0.39, 0.29) is 4.91 Å². The van der Waals surface area contributed by atoms with E-state index in [1.54, 1.807) is 28.7 Å². The minimum absolute atomic E-state index is 0.224. The van der Waals surface area contributed by atoms with E-state index in [4.69, 9.17) is 33.3 Å². The minimum Gasteiger partial charge on any atom is -0.320 e. The van der Waals surface area contributed by atoms with E-state index in [1.807, 2.05) is 59.0 Å². The van der Waals surface area contributed by atoms with Crippen molar-refractivity contribution in [2.24, 2.45) is 16.8 Å². The van der Waals surface area contributed by atoms with Gasteiger partial charge in [0.05, 0.1) is 32.4 Å². The fourth-order valence-corrected chi connectivity index (χ4v) is 7.98. The number of aryl methyl sites for hydroxylation is 1. The Hall–Kier alpha value is -2.91. The molecule has 0 amide bonds. The lowest BCUT2D eigenvalue weighted by molar-refractivity contribution is 0.224. The van der Waals surface area contributed by atoms with Gasteiger partial charge in [0.15, 0.2) is 5.82 Å². The first-order chi connectivity index (χ1) is 18.6. The van der Waals surface area contributed by atoms with Crippen LogP contribution in [0.1, 0.15) is 43.1 Å². The molecule has 3 atom stereocenters. The average molecular weight is 583 g/mol. The SMILES string of the molecule is Cc1nn(-c2ccccc2)c2c1[C@H](c1cccc(Cl)c1Cl)N1C=C(S(=O)(=O)N3C[C@H](C)C[C@H](C)C3)C=CC1=N2. The highest BCUT2D eigenvalue weighted by Gasteiger charge is 2.40. The second kappa shape index (κ2) is 9.93. The Bertz CT molecular complexity index is 1640. The first-order valence-corrected chi connectivity index (χ1v) is 15.2. The lowest BCUT2D eigenvalue weighted by Gasteiger charge is -2.38. The number of allylic oxidation sites excluding steroid dienone is 1. The van der Waals surface area contributed by atoms with Crippen LogP contribution < -0.4 is 0 Å². The van der Waals surface area contributed by atoms with Gasteiger partial charge < -0.3 is 4.90 Å². The Kier molecular flexibility index (Phi) is 6.70. The maximum atomic E-state index is 13.8. The Morgan fingerprint density at radius 2 is 1.67 bits per heavy atom. The first kappa shape index (κ1) is 26.3. The van der Waals surface area contributed by atoms with Gasteiger partial charge in [-0.15, -0.1) is 0 Å². The zero-order chi connectivity index (χ0) is 27.5. The summed E-state index contributed by atoms with van der Waals surface area (Å²) >= 11 is 13.3. The van der Waals surface area contributed by atoms with Gasteiger partial charge in [-0.25, -0.2) is 18.1 Å². The van der Waals surface area contributed by atoms with E-state index in [0.717, 1.165) is 28.9 Å². The van der Waals surface area contributed by atoms with Crippen molar-refractivity contribution in [3.05, 3.63) is 98.7 Å². The summed E-state index contributed by atoms with van der Waals surface area (Å²) in [5, 5.41) is 5.68. The van der Waals surface area contributed by atoms with Crippen LogP contribution in [0.4, 0.5) is 5.82 Å². The molecule has 4 heterocycles. The van der Waals surface area contributed by atoms with Gasteiger partial charge in [-0.2, -0.15) is 9.40 Å².